The molecule has 1 amide bonds. The Morgan fingerprint density at radius 3 is 2.75 bits per heavy atom. The fourth-order valence-corrected chi connectivity index (χ4v) is 3.11. The Morgan fingerprint density at radius 2 is 2.15 bits per heavy atom. The predicted molar refractivity (Wildman–Crippen MR) is 76.7 cm³/mol. The number of benzene rings is 1. The summed E-state index contributed by atoms with van der Waals surface area (Å²) in [6.45, 7) is 3.56. The first kappa shape index (κ1) is 14.9. The molecule has 1 aromatic carbocycles. The van der Waals surface area contributed by atoms with Crippen molar-refractivity contribution in [2.45, 2.75) is 38.6 Å². The van der Waals surface area contributed by atoms with Crippen molar-refractivity contribution >= 4 is 23.5 Å². The Balaban J connectivity index is 2.26. The maximum Gasteiger partial charge on any atom is 0.308 e. The van der Waals surface area contributed by atoms with Crippen molar-refractivity contribution in [3.8, 4) is 0 Å². The fraction of sp³-hybridized carbons (Fsp3) is 0.467. The van der Waals surface area contributed by atoms with E-state index in [-0.39, 0.29) is 18.3 Å². The van der Waals surface area contributed by atoms with Crippen LogP contribution in [0.5, 0.6) is 0 Å². The van der Waals surface area contributed by atoms with E-state index in [1.807, 2.05) is 18.2 Å². The van der Waals surface area contributed by atoms with Crippen LogP contribution in [0.1, 0.15) is 31.4 Å². The maximum atomic E-state index is 11.8. The Bertz CT molecular complexity index is 544. The van der Waals surface area contributed by atoms with E-state index in [1.165, 1.54) is 6.92 Å². The molecule has 1 aromatic rings. The van der Waals surface area contributed by atoms with Crippen molar-refractivity contribution in [1.82, 2.24) is 5.32 Å². The van der Waals surface area contributed by atoms with E-state index in [4.69, 9.17) is 16.3 Å². The molecule has 0 fully saturated rings. The number of nitrogens with one attached hydrogen (secondary N) is 1. The summed E-state index contributed by atoms with van der Waals surface area (Å²) in [5.41, 5.74) is 1.47. The van der Waals surface area contributed by atoms with Gasteiger partial charge in [-0.2, -0.15) is 0 Å². The number of carbonyl (C=O) groups is 2. The van der Waals surface area contributed by atoms with Gasteiger partial charge in [-0.1, -0.05) is 23.7 Å². The van der Waals surface area contributed by atoms with Crippen LogP contribution >= 0.6 is 11.6 Å². The lowest BCUT2D eigenvalue weighted by Gasteiger charge is -2.29. The summed E-state index contributed by atoms with van der Waals surface area (Å²) in [4.78, 5) is 23.3. The van der Waals surface area contributed by atoms with E-state index >= 15 is 0 Å². The monoisotopic (exact) mass is 295 g/mol. The number of fused-ring (bicyclic) bond motifs is 1. The molecule has 1 aliphatic carbocycles. The van der Waals surface area contributed by atoms with Crippen molar-refractivity contribution in [2.75, 3.05) is 6.61 Å². The Labute approximate surface area is 123 Å². The molecule has 0 aliphatic heterocycles. The van der Waals surface area contributed by atoms with Crippen LogP contribution in [0.25, 0.3) is 0 Å². The topological polar surface area (TPSA) is 55.4 Å². The van der Waals surface area contributed by atoms with Gasteiger partial charge in [-0.3, -0.25) is 9.59 Å². The van der Waals surface area contributed by atoms with Crippen LogP contribution in [0.15, 0.2) is 18.2 Å². The summed E-state index contributed by atoms with van der Waals surface area (Å²) in [5.74, 6) is -0.455. The van der Waals surface area contributed by atoms with Gasteiger partial charge in [0.25, 0.3) is 0 Å². The Hall–Kier alpha value is -1.55. The minimum atomic E-state index is -0.620. The first-order valence-corrected chi connectivity index (χ1v) is 7.04. The molecule has 0 aromatic heterocycles. The quantitative estimate of drug-likeness (QED) is 0.867. The van der Waals surface area contributed by atoms with Gasteiger partial charge in [0.1, 0.15) is 0 Å². The average molecular weight is 296 g/mol. The van der Waals surface area contributed by atoms with Crippen LogP contribution in [0, 0.1) is 0 Å². The van der Waals surface area contributed by atoms with Crippen molar-refractivity contribution in [1.29, 1.82) is 0 Å². The lowest BCUT2D eigenvalue weighted by molar-refractivity contribution is -0.145. The number of halogens is 1. The molecule has 0 spiro atoms. The second kappa shape index (κ2) is 5.83. The first-order chi connectivity index (χ1) is 9.46. The molecule has 0 bridgehead atoms. The lowest BCUT2D eigenvalue weighted by Crippen LogP contribution is -2.50. The largest absolute Gasteiger partial charge is 0.466 e. The van der Waals surface area contributed by atoms with Crippen LogP contribution in [-0.4, -0.2) is 24.0 Å². The number of ether oxygens (including phenoxy) is 1. The second-order valence-electron chi connectivity index (χ2n) is 5.17. The molecule has 1 N–H and O–H groups in total. The van der Waals surface area contributed by atoms with Gasteiger partial charge in [0.15, 0.2) is 0 Å². The van der Waals surface area contributed by atoms with E-state index in [0.717, 1.165) is 11.1 Å². The fourth-order valence-electron chi connectivity index (χ4n) is 2.85. The zero-order valence-corrected chi connectivity index (χ0v) is 12.4. The highest BCUT2D eigenvalue weighted by molar-refractivity contribution is 6.31. The third kappa shape index (κ3) is 3.12. The van der Waals surface area contributed by atoms with E-state index in [1.54, 1.807) is 6.92 Å². The third-order valence-corrected chi connectivity index (χ3v) is 3.84. The SMILES string of the molecule is CCOC(=O)CC1(NC(C)=O)Cc2cccc(Cl)c2C1. The summed E-state index contributed by atoms with van der Waals surface area (Å²) in [6, 6.07) is 5.69. The molecule has 0 heterocycles. The number of carbonyl (C=O) groups excluding carboxylic acids is 2. The van der Waals surface area contributed by atoms with Gasteiger partial charge in [-0.05, 0) is 37.0 Å². The Morgan fingerprint density at radius 1 is 1.40 bits per heavy atom. The molecule has 108 valence electrons. The number of hydrogen-bond donors (Lipinski definition) is 1. The first-order valence-electron chi connectivity index (χ1n) is 6.66. The molecule has 0 saturated carbocycles. The van der Waals surface area contributed by atoms with E-state index < -0.39 is 5.54 Å². The van der Waals surface area contributed by atoms with Crippen LogP contribution < -0.4 is 5.32 Å². The Kier molecular flexibility index (Phi) is 4.33. The summed E-state index contributed by atoms with van der Waals surface area (Å²) < 4.78 is 5.02. The normalized spacial score (nSPS) is 20.4. The summed E-state index contributed by atoms with van der Waals surface area (Å²) in [6.07, 6.45) is 1.31. The molecule has 4 nitrogen and oxygen atoms in total. The summed E-state index contributed by atoms with van der Waals surface area (Å²) >= 11 is 6.20. The third-order valence-electron chi connectivity index (χ3n) is 3.49. The summed E-state index contributed by atoms with van der Waals surface area (Å²) in [5, 5.41) is 3.60. The number of rotatable bonds is 4. The molecule has 1 atom stereocenters. The highest BCUT2D eigenvalue weighted by Crippen LogP contribution is 2.36. The highest BCUT2D eigenvalue weighted by atomic mass is 35.5. The van der Waals surface area contributed by atoms with Gasteiger partial charge < -0.3 is 10.1 Å². The van der Waals surface area contributed by atoms with Crippen LogP contribution in [0.2, 0.25) is 5.02 Å². The number of amides is 1. The molecule has 0 saturated heterocycles. The van der Waals surface area contributed by atoms with Gasteiger partial charge in [-0.15, -0.1) is 0 Å². The van der Waals surface area contributed by atoms with Crippen molar-refractivity contribution in [2.24, 2.45) is 0 Å². The molecule has 2 rings (SSSR count). The van der Waals surface area contributed by atoms with Crippen molar-refractivity contribution < 1.29 is 14.3 Å². The van der Waals surface area contributed by atoms with Crippen LogP contribution in [0.3, 0.4) is 0 Å². The second-order valence-corrected chi connectivity index (χ2v) is 5.58. The zero-order valence-electron chi connectivity index (χ0n) is 11.7. The van der Waals surface area contributed by atoms with Gasteiger partial charge in [-0.25, -0.2) is 0 Å². The van der Waals surface area contributed by atoms with Gasteiger partial charge in [0.05, 0.1) is 18.6 Å². The van der Waals surface area contributed by atoms with Gasteiger partial charge in [0, 0.05) is 11.9 Å². The smallest absolute Gasteiger partial charge is 0.308 e. The van der Waals surface area contributed by atoms with E-state index in [2.05, 4.69) is 5.32 Å². The molecule has 1 aliphatic rings. The molecule has 5 heteroatoms. The molecule has 20 heavy (non-hydrogen) atoms. The van der Waals surface area contributed by atoms with Crippen LogP contribution in [0.4, 0.5) is 0 Å². The van der Waals surface area contributed by atoms with Crippen molar-refractivity contribution in [3.63, 3.8) is 0 Å². The summed E-state index contributed by atoms with van der Waals surface area (Å²) in [7, 11) is 0. The predicted octanol–water partition coefficient (Wildman–Crippen LogP) is 2.27. The van der Waals surface area contributed by atoms with Gasteiger partial charge in [0.2, 0.25) is 5.91 Å². The zero-order chi connectivity index (χ0) is 14.8. The molecule has 0 radical (unpaired) electrons. The molecule has 1 unspecified atom stereocenters. The molecular weight excluding hydrogens is 278 g/mol. The average Bonchev–Trinajstić information content (AvgIpc) is 2.67. The molecular formula is C15H18ClNO3. The van der Waals surface area contributed by atoms with Crippen molar-refractivity contribution in [3.05, 3.63) is 34.3 Å². The number of hydrogen-bond acceptors (Lipinski definition) is 3. The van der Waals surface area contributed by atoms with E-state index in [0.29, 0.717) is 24.5 Å². The number of esters is 1. The van der Waals surface area contributed by atoms with E-state index in [9.17, 15) is 9.59 Å². The van der Waals surface area contributed by atoms with Crippen LogP contribution in [-0.2, 0) is 27.2 Å². The maximum absolute atomic E-state index is 11.8. The minimum absolute atomic E-state index is 0.154. The van der Waals surface area contributed by atoms with Gasteiger partial charge >= 0.3 is 5.97 Å². The lowest BCUT2D eigenvalue weighted by atomic mass is 9.91. The standard InChI is InChI=1S/C15H18ClNO3/c1-3-20-14(19)9-15(17-10(2)18)7-11-5-4-6-13(16)12(11)8-15/h4-6H,3,7-9H2,1-2H3,(H,17,18). The minimum Gasteiger partial charge on any atom is -0.466 e. The highest BCUT2D eigenvalue weighted by Gasteiger charge is 2.41.